The maximum Gasteiger partial charge on any atom is 0.248 e. The van der Waals surface area contributed by atoms with E-state index in [1.54, 1.807) is 13.2 Å². The van der Waals surface area contributed by atoms with Crippen molar-refractivity contribution in [2.75, 3.05) is 38.2 Å². The molecule has 1 aromatic heterocycles. The summed E-state index contributed by atoms with van der Waals surface area (Å²) in [5, 5.41) is 1.01. The Morgan fingerprint density at radius 2 is 1.75 bits per heavy atom. The van der Waals surface area contributed by atoms with Crippen LogP contribution in [0.15, 0.2) is 59.4 Å². The molecule has 0 atom stereocenters. The lowest BCUT2D eigenvalue weighted by Gasteiger charge is -2.36. The van der Waals surface area contributed by atoms with Crippen molar-refractivity contribution in [2.24, 2.45) is 0 Å². The maximum atomic E-state index is 12.6. The van der Waals surface area contributed by atoms with E-state index in [2.05, 4.69) is 16.0 Å². The van der Waals surface area contributed by atoms with Crippen LogP contribution in [-0.2, 0) is 11.2 Å². The molecule has 1 aliphatic rings. The molecular weight excluding hydrogens is 354 g/mol. The first-order chi connectivity index (χ1) is 13.6. The number of amides is 1. The second-order valence-corrected chi connectivity index (χ2v) is 6.99. The standard InChI is InChI=1S/C22H23N3O3/c1-28-19-6-2-16(3-7-19)14-22(27)25-12-10-24(11-13-25)18-5-8-20-17(15-18)4-9-21(26)23-20/h2-9,15H,10-14H2,1H3,(H,23,26). The zero-order valence-electron chi connectivity index (χ0n) is 15.9. The van der Waals surface area contributed by atoms with Gasteiger partial charge in [-0.1, -0.05) is 12.1 Å². The molecule has 28 heavy (non-hydrogen) atoms. The van der Waals surface area contributed by atoms with Gasteiger partial charge < -0.3 is 19.5 Å². The van der Waals surface area contributed by atoms with Crippen molar-refractivity contribution in [3.8, 4) is 5.75 Å². The minimum atomic E-state index is -0.0933. The Balaban J connectivity index is 1.37. The zero-order chi connectivity index (χ0) is 19.5. The third-order valence-corrected chi connectivity index (χ3v) is 5.22. The van der Waals surface area contributed by atoms with Crippen LogP contribution in [0.25, 0.3) is 10.9 Å². The van der Waals surface area contributed by atoms with Gasteiger partial charge in [0.05, 0.1) is 13.5 Å². The average Bonchev–Trinajstić information content (AvgIpc) is 2.74. The van der Waals surface area contributed by atoms with Crippen LogP contribution in [0.1, 0.15) is 5.56 Å². The molecule has 4 rings (SSSR count). The number of fused-ring (bicyclic) bond motifs is 1. The highest BCUT2D eigenvalue weighted by molar-refractivity contribution is 5.82. The molecule has 0 radical (unpaired) electrons. The van der Waals surface area contributed by atoms with Crippen molar-refractivity contribution in [3.05, 3.63) is 70.5 Å². The van der Waals surface area contributed by atoms with Crippen LogP contribution >= 0.6 is 0 Å². The fourth-order valence-corrected chi connectivity index (χ4v) is 3.58. The first-order valence-electron chi connectivity index (χ1n) is 9.41. The molecule has 1 saturated heterocycles. The second kappa shape index (κ2) is 7.76. The number of hydrogen-bond donors (Lipinski definition) is 1. The SMILES string of the molecule is COc1ccc(CC(=O)N2CCN(c3ccc4[nH]c(=O)ccc4c3)CC2)cc1. The summed E-state index contributed by atoms with van der Waals surface area (Å²) in [6.07, 6.45) is 0.410. The van der Waals surface area contributed by atoms with Crippen LogP contribution in [0.2, 0.25) is 0 Å². The van der Waals surface area contributed by atoms with Gasteiger partial charge in [0.25, 0.3) is 0 Å². The van der Waals surface area contributed by atoms with Gasteiger partial charge in [0.2, 0.25) is 11.5 Å². The summed E-state index contributed by atoms with van der Waals surface area (Å²) in [4.78, 5) is 31.1. The predicted molar refractivity (Wildman–Crippen MR) is 110 cm³/mol. The lowest BCUT2D eigenvalue weighted by molar-refractivity contribution is -0.130. The van der Waals surface area contributed by atoms with Gasteiger partial charge in [-0.2, -0.15) is 0 Å². The van der Waals surface area contributed by atoms with E-state index in [4.69, 9.17) is 4.74 Å². The Labute approximate surface area is 163 Å². The molecule has 0 aliphatic carbocycles. The lowest BCUT2D eigenvalue weighted by atomic mass is 10.1. The van der Waals surface area contributed by atoms with Gasteiger partial charge in [-0.05, 0) is 42.0 Å². The summed E-state index contributed by atoms with van der Waals surface area (Å²) in [5.41, 5.74) is 2.85. The minimum Gasteiger partial charge on any atom is -0.497 e. The number of methoxy groups -OCH3 is 1. The molecule has 1 N–H and O–H groups in total. The highest BCUT2D eigenvalue weighted by Gasteiger charge is 2.21. The molecule has 0 saturated carbocycles. The molecule has 3 aromatic rings. The molecule has 0 unspecified atom stereocenters. The smallest absolute Gasteiger partial charge is 0.248 e. The molecule has 1 fully saturated rings. The van der Waals surface area contributed by atoms with E-state index in [9.17, 15) is 9.59 Å². The number of benzene rings is 2. The summed E-state index contributed by atoms with van der Waals surface area (Å²) in [5.74, 6) is 0.949. The first kappa shape index (κ1) is 18.1. The number of piperazine rings is 1. The highest BCUT2D eigenvalue weighted by atomic mass is 16.5. The third-order valence-electron chi connectivity index (χ3n) is 5.22. The van der Waals surface area contributed by atoms with E-state index in [1.165, 1.54) is 0 Å². The van der Waals surface area contributed by atoms with E-state index in [1.807, 2.05) is 47.4 Å². The number of H-pyrrole nitrogens is 1. The summed E-state index contributed by atoms with van der Waals surface area (Å²) in [6.45, 7) is 3.00. The average molecular weight is 377 g/mol. The Hall–Kier alpha value is -3.28. The number of carbonyl (C=O) groups excluding carboxylic acids is 1. The quantitative estimate of drug-likeness (QED) is 0.758. The molecule has 2 aromatic carbocycles. The molecule has 1 aliphatic heterocycles. The molecule has 6 nitrogen and oxygen atoms in total. The maximum absolute atomic E-state index is 12.6. The fourth-order valence-electron chi connectivity index (χ4n) is 3.58. The van der Waals surface area contributed by atoms with Gasteiger partial charge in [-0.25, -0.2) is 0 Å². The Morgan fingerprint density at radius 1 is 1.00 bits per heavy atom. The predicted octanol–water partition coefficient (Wildman–Crippen LogP) is 2.43. The van der Waals surface area contributed by atoms with Gasteiger partial charge in [-0.3, -0.25) is 9.59 Å². The normalized spacial score (nSPS) is 14.3. The Bertz CT molecular complexity index is 1030. The van der Waals surface area contributed by atoms with Gasteiger partial charge in [0, 0.05) is 48.8 Å². The van der Waals surface area contributed by atoms with Crippen LogP contribution < -0.4 is 15.2 Å². The monoisotopic (exact) mass is 377 g/mol. The molecule has 6 heteroatoms. The van der Waals surface area contributed by atoms with Gasteiger partial charge in [0.15, 0.2) is 0 Å². The fraction of sp³-hybridized carbons (Fsp3) is 0.273. The number of nitrogens with one attached hydrogen (secondary N) is 1. The highest BCUT2D eigenvalue weighted by Crippen LogP contribution is 2.22. The van der Waals surface area contributed by atoms with Crippen LogP contribution in [0, 0.1) is 0 Å². The number of nitrogens with zero attached hydrogens (tertiary/aromatic N) is 2. The molecule has 1 amide bonds. The number of carbonyl (C=O) groups is 1. The van der Waals surface area contributed by atoms with Gasteiger partial charge >= 0.3 is 0 Å². The zero-order valence-corrected chi connectivity index (χ0v) is 15.9. The topological polar surface area (TPSA) is 65.6 Å². The summed E-state index contributed by atoms with van der Waals surface area (Å²) in [6, 6.07) is 17.1. The molecule has 0 spiro atoms. The lowest BCUT2D eigenvalue weighted by Crippen LogP contribution is -2.49. The van der Waals surface area contributed by atoms with Crippen molar-refractivity contribution in [2.45, 2.75) is 6.42 Å². The van der Waals surface area contributed by atoms with E-state index < -0.39 is 0 Å². The number of anilines is 1. The van der Waals surface area contributed by atoms with Crippen LogP contribution in [0.4, 0.5) is 5.69 Å². The van der Waals surface area contributed by atoms with Crippen molar-refractivity contribution < 1.29 is 9.53 Å². The van der Waals surface area contributed by atoms with Gasteiger partial charge in [0.1, 0.15) is 5.75 Å². The van der Waals surface area contributed by atoms with Crippen molar-refractivity contribution in [1.82, 2.24) is 9.88 Å². The van der Waals surface area contributed by atoms with Crippen molar-refractivity contribution >= 4 is 22.5 Å². The molecular formula is C22H23N3O3. The molecule has 144 valence electrons. The Morgan fingerprint density at radius 3 is 2.46 bits per heavy atom. The Kier molecular flexibility index (Phi) is 5.02. The number of rotatable bonds is 4. The largest absolute Gasteiger partial charge is 0.497 e. The third kappa shape index (κ3) is 3.86. The van der Waals surface area contributed by atoms with Crippen LogP contribution in [0.5, 0.6) is 5.75 Å². The van der Waals surface area contributed by atoms with Crippen LogP contribution in [-0.4, -0.2) is 49.1 Å². The second-order valence-electron chi connectivity index (χ2n) is 6.99. The minimum absolute atomic E-state index is 0.0933. The number of ether oxygens (including phenoxy) is 1. The van der Waals surface area contributed by atoms with E-state index in [0.717, 1.165) is 41.0 Å². The number of aromatic nitrogens is 1. The number of hydrogen-bond acceptors (Lipinski definition) is 4. The van der Waals surface area contributed by atoms with E-state index in [0.29, 0.717) is 19.5 Å². The molecule has 2 heterocycles. The number of aromatic amines is 1. The van der Waals surface area contributed by atoms with Crippen LogP contribution in [0.3, 0.4) is 0 Å². The summed E-state index contributed by atoms with van der Waals surface area (Å²) in [7, 11) is 1.63. The van der Waals surface area contributed by atoms with Crippen molar-refractivity contribution in [1.29, 1.82) is 0 Å². The van der Waals surface area contributed by atoms with Crippen molar-refractivity contribution in [3.63, 3.8) is 0 Å². The first-order valence-corrected chi connectivity index (χ1v) is 9.41. The van der Waals surface area contributed by atoms with E-state index in [-0.39, 0.29) is 11.5 Å². The van der Waals surface area contributed by atoms with Gasteiger partial charge in [-0.15, -0.1) is 0 Å². The molecule has 0 bridgehead atoms. The number of pyridine rings is 1. The summed E-state index contributed by atoms with van der Waals surface area (Å²) < 4.78 is 5.16. The van der Waals surface area contributed by atoms with E-state index >= 15 is 0 Å². The summed E-state index contributed by atoms with van der Waals surface area (Å²) >= 11 is 0.